The maximum atomic E-state index is 11.5. The maximum absolute atomic E-state index is 11.5. The van der Waals surface area contributed by atoms with Crippen LogP contribution in [0, 0.1) is 6.92 Å². The van der Waals surface area contributed by atoms with Gasteiger partial charge in [-0.15, -0.1) is 0 Å². The molecule has 3 heterocycles. The zero-order valence-corrected chi connectivity index (χ0v) is 11.6. The third-order valence-corrected chi connectivity index (χ3v) is 3.55. The summed E-state index contributed by atoms with van der Waals surface area (Å²) < 4.78 is 7.04. The van der Waals surface area contributed by atoms with Gasteiger partial charge < -0.3 is 10.2 Å². The smallest absolute Gasteiger partial charge is 0.254 e. The lowest BCUT2D eigenvalue weighted by atomic mass is 10.1. The number of aromatic nitrogens is 4. The Morgan fingerprint density at radius 3 is 3.05 bits per heavy atom. The fraction of sp³-hybridized carbons (Fsp3) is 0.0667. The molecule has 0 unspecified atom stereocenters. The Balaban J connectivity index is 2.05. The van der Waals surface area contributed by atoms with Crippen LogP contribution < -0.4 is 5.73 Å². The van der Waals surface area contributed by atoms with E-state index in [1.54, 1.807) is 4.52 Å². The molecular formula is C15H11N5O2. The second-order valence-corrected chi connectivity index (χ2v) is 4.95. The Kier molecular flexibility index (Phi) is 2.50. The van der Waals surface area contributed by atoms with Crippen molar-refractivity contribution in [2.24, 2.45) is 5.73 Å². The van der Waals surface area contributed by atoms with Gasteiger partial charge in [-0.05, 0) is 25.1 Å². The first-order valence-electron chi connectivity index (χ1n) is 6.63. The fourth-order valence-corrected chi connectivity index (χ4v) is 2.51. The Bertz CT molecular complexity index is 1030. The number of benzene rings is 1. The van der Waals surface area contributed by atoms with E-state index in [9.17, 15) is 4.79 Å². The molecule has 0 saturated carbocycles. The van der Waals surface area contributed by atoms with E-state index in [1.807, 2.05) is 31.2 Å². The summed E-state index contributed by atoms with van der Waals surface area (Å²) in [6.45, 7) is 1.89. The molecule has 7 heteroatoms. The van der Waals surface area contributed by atoms with Crippen molar-refractivity contribution in [2.75, 3.05) is 0 Å². The molecule has 1 aromatic carbocycles. The van der Waals surface area contributed by atoms with E-state index >= 15 is 0 Å². The van der Waals surface area contributed by atoms with Gasteiger partial charge in [0.25, 0.3) is 5.91 Å². The van der Waals surface area contributed by atoms with Crippen LogP contribution in [0.25, 0.3) is 28.0 Å². The molecule has 22 heavy (non-hydrogen) atoms. The number of hydrogen-bond acceptors (Lipinski definition) is 5. The normalized spacial score (nSPS) is 11.3. The van der Waals surface area contributed by atoms with Gasteiger partial charge in [0.05, 0.1) is 11.9 Å². The third-order valence-electron chi connectivity index (χ3n) is 3.55. The van der Waals surface area contributed by atoms with E-state index in [0.717, 1.165) is 16.8 Å². The quantitative estimate of drug-likeness (QED) is 0.609. The van der Waals surface area contributed by atoms with Crippen molar-refractivity contribution in [3.8, 4) is 11.3 Å². The van der Waals surface area contributed by atoms with Crippen molar-refractivity contribution < 1.29 is 9.21 Å². The Labute approximate surface area is 124 Å². The second kappa shape index (κ2) is 4.39. The fourth-order valence-electron chi connectivity index (χ4n) is 2.51. The van der Waals surface area contributed by atoms with Gasteiger partial charge in [0, 0.05) is 11.3 Å². The average Bonchev–Trinajstić information content (AvgIpc) is 3.13. The minimum absolute atomic E-state index is 0.287. The topological polar surface area (TPSA) is 99.3 Å². The van der Waals surface area contributed by atoms with Crippen molar-refractivity contribution in [1.29, 1.82) is 0 Å². The molecule has 0 aliphatic heterocycles. The summed E-state index contributed by atoms with van der Waals surface area (Å²) in [7, 11) is 0. The van der Waals surface area contributed by atoms with E-state index in [1.165, 1.54) is 12.6 Å². The van der Waals surface area contributed by atoms with Crippen LogP contribution in [0.2, 0.25) is 0 Å². The molecule has 108 valence electrons. The van der Waals surface area contributed by atoms with Crippen LogP contribution >= 0.6 is 0 Å². The minimum atomic E-state index is -0.558. The molecule has 3 aromatic heterocycles. The number of primary amides is 1. The molecule has 0 spiro atoms. The minimum Gasteiger partial charge on any atom is -0.443 e. The molecule has 0 aliphatic rings. The van der Waals surface area contributed by atoms with Crippen LogP contribution in [-0.4, -0.2) is 25.5 Å². The molecule has 0 atom stereocenters. The SMILES string of the molecule is Cc1cc(-c2cccc3ncoc23)nc2c(C(N)=O)cnn12. The van der Waals surface area contributed by atoms with Gasteiger partial charge >= 0.3 is 0 Å². The van der Waals surface area contributed by atoms with Crippen LogP contribution in [-0.2, 0) is 0 Å². The largest absolute Gasteiger partial charge is 0.443 e. The molecule has 0 saturated heterocycles. The van der Waals surface area contributed by atoms with Gasteiger partial charge in [0.2, 0.25) is 0 Å². The third kappa shape index (κ3) is 1.69. The molecule has 0 fully saturated rings. The number of hydrogen-bond donors (Lipinski definition) is 1. The summed E-state index contributed by atoms with van der Waals surface area (Å²) in [6.07, 6.45) is 2.82. The molecular weight excluding hydrogens is 282 g/mol. The number of fused-ring (bicyclic) bond motifs is 2. The van der Waals surface area contributed by atoms with Gasteiger partial charge in [-0.2, -0.15) is 5.10 Å². The van der Waals surface area contributed by atoms with Crippen molar-refractivity contribution in [3.05, 3.63) is 48.1 Å². The van der Waals surface area contributed by atoms with Gasteiger partial charge in [0.1, 0.15) is 11.1 Å². The average molecular weight is 293 g/mol. The molecule has 2 N–H and O–H groups in total. The van der Waals surface area contributed by atoms with E-state index in [-0.39, 0.29) is 5.56 Å². The van der Waals surface area contributed by atoms with Gasteiger partial charge in [-0.3, -0.25) is 4.79 Å². The zero-order chi connectivity index (χ0) is 15.3. The van der Waals surface area contributed by atoms with Gasteiger partial charge in [0.15, 0.2) is 17.6 Å². The number of rotatable bonds is 2. The van der Waals surface area contributed by atoms with Crippen LogP contribution in [0.4, 0.5) is 0 Å². The molecule has 4 aromatic rings. The Hall–Kier alpha value is -3.22. The summed E-state index contributed by atoms with van der Waals surface area (Å²) in [4.78, 5) is 20.2. The first-order valence-corrected chi connectivity index (χ1v) is 6.63. The zero-order valence-electron chi connectivity index (χ0n) is 11.6. The number of oxazole rings is 1. The number of amides is 1. The lowest BCUT2D eigenvalue weighted by Crippen LogP contribution is -2.11. The van der Waals surface area contributed by atoms with Crippen molar-refractivity contribution >= 4 is 22.7 Å². The van der Waals surface area contributed by atoms with Gasteiger partial charge in [-0.25, -0.2) is 14.5 Å². The highest BCUT2D eigenvalue weighted by Crippen LogP contribution is 2.28. The number of para-hydroxylation sites is 1. The first kappa shape index (κ1) is 12.5. The summed E-state index contributed by atoms with van der Waals surface area (Å²) in [6, 6.07) is 7.52. The Morgan fingerprint density at radius 1 is 1.36 bits per heavy atom. The number of carbonyl (C=O) groups is 1. The lowest BCUT2D eigenvalue weighted by Gasteiger charge is -2.05. The summed E-state index contributed by atoms with van der Waals surface area (Å²) in [5, 5.41) is 4.14. The number of aryl methyl sites for hydroxylation is 1. The van der Waals surface area contributed by atoms with Crippen molar-refractivity contribution in [2.45, 2.75) is 6.92 Å². The molecule has 1 amide bonds. The molecule has 0 aliphatic carbocycles. The maximum Gasteiger partial charge on any atom is 0.254 e. The van der Waals surface area contributed by atoms with Crippen LogP contribution in [0.3, 0.4) is 0 Å². The molecule has 4 rings (SSSR count). The molecule has 0 radical (unpaired) electrons. The van der Waals surface area contributed by atoms with E-state index in [2.05, 4.69) is 15.1 Å². The van der Waals surface area contributed by atoms with Crippen molar-refractivity contribution in [3.63, 3.8) is 0 Å². The second-order valence-electron chi connectivity index (χ2n) is 4.95. The van der Waals surface area contributed by atoms with Gasteiger partial charge in [-0.1, -0.05) is 6.07 Å². The highest BCUT2D eigenvalue weighted by Gasteiger charge is 2.16. The number of nitrogens with zero attached hydrogens (tertiary/aromatic N) is 4. The highest BCUT2D eigenvalue weighted by atomic mass is 16.3. The monoisotopic (exact) mass is 293 g/mol. The number of nitrogens with two attached hydrogens (primary N) is 1. The molecule has 0 bridgehead atoms. The van der Waals surface area contributed by atoms with Crippen LogP contribution in [0.15, 0.2) is 41.3 Å². The Morgan fingerprint density at radius 2 is 2.23 bits per heavy atom. The van der Waals surface area contributed by atoms with Crippen LogP contribution in [0.1, 0.15) is 16.1 Å². The highest BCUT2D eigenvalue weighted by molar-refractivity contribution is 5.99. The van der Waals surface area contributed by atoms with E-state index < -0.39 is 5.91 Å². The van der Waals surface area contributed by atoms with Crippen LogP contribution in [0.5, 0.6) is 0 Å². The lowest BCUT2D eigenvalue weighted by molar-refractivity contribution is 0.100. The number of carbonyl (C=O) groups excluding carboxylic acids is 1. The van der Waals surface area contributed by atoms with E-state index in [4.69, 9.17) is 10.2 Å². The van der Waals surface area contributed by atoms with Crippen molar-refractivity contribution in [1.82, 2.24) is 19.6 Å². The summed E-state index contributed by atoms with van der Waals surface area (Å²) in [5.41, 5.74) is 9.81. The predicted molar refractivity (Wildman–Crippen MR) is 79.2 cm³/mol. The molecule has 7 nitrogen and oxygen atoms in total. The standard InChI is InChI=1S/C15H11N5O2/c1-8-5-12(9-3-2-4-11-13(9)22-7-17-11)19-15-10(14(16)21)6-18-20(8)15/h2-7H,1H3,(H2,16,21). The summed E-state index contributed by atoms with van der Waals surface area (Å²) in [5.74, 6) is -0.558. The first-order chi connectivity index (χ1) is 10.6. The summed E-state index contributed by atoms with van der Waals surface area (Å²) >= 11 is 0. The predicted octanol–water partition coefficient (Wildman–Crippen LogP) is 1.94. The van der Waals surface area contributed by atoms with E-state index in [0.29, 0.717) is 16.9 Å².